The molecule has 0 aliphatic heterocycles. The number of benzene rings is 1. The fourth-order valence-electron chi connectivity index (χ4n) is 1.85. The van der Waals surface area contributed by atoms with Gasteiger partial charge >= 0.3 is 0 Å². The quantitative estimate of drug-likeness (QED) is 0.603. The van der Waals surface area contributed by atoms with Gasteiger partial charge < -0.3 is 14.7 Å². The third kappa shape index (κ3) is 3.67. The molecule has 1 amide bonds. The standard InChI is InChI=1S/C13H18N2O5/c1-3-6-14(7-8-16)13(17)11-5-4-10(15(18)19)9-12(11)20-2/h4-5,9,16H,3,6-8H2,1-2H3. The van der Waals surface area contributed by atoms with Crippen molar-refractivity contribution in [2.24, 2.45) is 0 Å². The zero-order valence-corrected chi connectivity index (χ0v) is 11.5. The Morgan fingerprint density at radius 3 is 2.65 bits per heavy atom. The Bertz CT molecular complexity index is 484. The van der Waals surface area contributed by atoms with E-state index in [0.717, 1.165) is 6.42 Å². The first-order valence-corrected chi connectivity index (χ1v) is 6.27. The number of non-ortho nitro benzene ring substituents is 1. The van der Waals surface area contributed by atoms with Crippen molar-refractivity contribution in [1.29, 1.82) is 0 Å². The Hall–Kier alpha value is -2.15. The maximum absolute atomic E-state index is 12.4. The fourth-order valence-corrected chi connectivity index (χ4v) is 1.85. The topological polar surface area (TPSA) is 92.9 Å². The zero-order valence-electron chi connectivity index (χ0n) is 11.5. The molecule has 0 aliphatic rings. The summed E-state index contributed by atoms with van der Waals surface area (Å²) in [6.07, 6.45) is 0.751. The lowest BCUT2D eigenvalue weighted by molar-refractivity contribution is -0.384. The number of aliphatic hydroxyl groups excluding tert-OH is 1. The third-order valence-corrected chi connectivity index (χ3v) is 2.78. The SMILES string of the molecule is CCCN(CCO)C(=O)c1ccc([N+](=O)[O-])cc1OC. The van der Waals surface area contributed by atoms with Gasteiger partial charge in [0.25, 0.3) is 11.6 Å². The first-order chi connectivity index (χ1) is 9.54. The number of nitrogens with zero attached hydrogens (tertiary/aromatic N) is 2. The molecule has 0 spiro atoms. The van der Waals surface area contributed by atoms with Gasteiger partial charge in [-0.2, -0.15) is 0 Å². The number of carbonyl (C=O) groups is 1. The normalized spacial score (nSPS) is 10.2. The van der Waals surface area contributed by atoms with E-state index in [9.17, 15) is 14.9 Å². The summed E-state index contributed by atoms with van der Waals surface area (Å²) in [6.45, 7) is 2.50. The molecule has 7 nitrogen and oxygen atoms in total. The summed E-state index contributed by atoms with van der Waals surface area (Å²) in [5.41, 5.74) is 0.114. The zero-order chi connectivity index (χ0) is 15.1. The number of hydrogen-bond acceptors (Lipinski definition) is 5. The summed E-state index contributed by atoms with van der Waals surface area (Å²) in [5.74, 6) is -0.157. The van der Waals surface area contributed by atoms with Crippen LogP contribution in [0.3, 0.4) is 0 Å². The van der Waals surface area contributed by atoms with Crippen molar-refractivity contribution >= 4 is 11.6 Å². The molecule has 0 bridgehead atoms. The van der Waals surface area contributed by atoms with E-state index in [1.807, 2.05) is 6.92 Å². The van der Waals surface area contributed by atoms with E-state index >= 15 is 0 Å². The molecule has 0 aromatic heterocycles. The number of amides is 1. The minimum absolute atomic E-state index is 0.136. The van der Waals surface area contributed by atoms with Crippen molar-refractivity contribution in [2.75, 3.05) is 26.8 Å². The highest BCUT2D eigenvalue weighted by Gasteiger charge is 2.21. The molecule has 1 aromatic carbocycles. The van der Waals surface area contributed by atoms with Crippen LogP contribution in [0.5, 0.6) is 5.75 Å². The number of ether oxygens (including phenoxy) is 1. The number of carbonyl (C=O) groups excluding carboxylic acids is 1. The average molecular weight is 282 g/mol. The molecule has 0 aliphatic carbocycles. The molecule has 0 radical (unpaired) electrons. The molecule has 0 saturated heterocycles. The number of nitro groups is 1. The summed E-state index contributed by atoms with van der Waals surface area (Å²) in [6, 6.07) is 3.86. The van der Waals surface area contributed by atoms with Crippen LogP contribution in [0, 0.1) is 10.1 Å². The van der Waals surface area contributed by atoms with E-state index in [1.54, 1.807) is 0 Å². The molecule has 110 valence electrons. The van der Waals surface area contributed by atoms with Crippen LogP contribution in [0.15, 0.2) is 18.2 Å². The van der Waals surface area contributed by atoms with Crippen LogP contribution in [0.4, 0.5) is 5.69 Å². The highest BCUT2D eigenvalue weighted by molar-refractivity contribution is 5.97. The average Bonchev–Trinajstić information content (AvgIpc) is 2.45. The summed E-state index contributed by atoms with van der Waals surface area (Å²) >= 11 is 0. The highest BCUT2D eigenvalue weighted by atomic mass is 16.6. The number of nitro benzene ring substituents is 1. The lowest BCUT2D eigenvalue weighted by Gasteiger charge is -2.22. The van der Waals surface area contributed by atoms with E-state index in [0.29, 0.717) is 6.54 Å². The van der Waals surface area contributed by atoms with E-state index < -0.39 is 4.92 Å². The smallest absolute Gasteiger partial charge is 0.273 e. The van der Waals surface area contributed by atoms with Crippen molar-refractivity contribution in [3.63, 3.8) is 0 Å². The Morgan fingerprint density at radius 2 is 2.15 bits per heavy atom. The largest absolute Gasteiger partial charge is 0.496 e. The summed E-state index contributed by atoms with van der Waals surface area (Å²) in [5, 5.41) is 19.7. The van der Waals surface area contributed by atoms with Crippen LogP contribution in [0.1, 0.15) is 23.7 Å². The number of methoxy groups -OCH3 is 1. The Labute approximate surface area is 116 Å². The van der Waals surface area contributed by atoms with Crippen LogP contribution in [0.2, 0.25) is 0 Å². The molecular formula is C13H18N2O5. The first-order valence-electron chi connectivity index (χ1n) is 6.27. The number of aliphatic hydroxyl groups is 1. The molecule has 7 heteroatoms. The highest BCUT2D eigenvalue weighted by Crippen LogP contribution is 2.25. The Morgan fingerprint density at radius 1 is 1.45 bits per heavy atom. The molecule has 0 heterocycles. The lowest BCUT2D eigenvalue weighted by atomic mass is 10.1. The van der Waals surface area contributed by atoms with Crippen molar-refractivity contribution in [3.8, 4) is 5.75 Å². The minimum atomic E-state index is -0.547. The van der Waals surface area contributed by atoms with Gasteiger partial charge in [0.2, 0.25) is 0 Å². The fraction of sp³-hybridized carbons (Fsp3) is 0.462. The van der Waals surface area contributed by atoms with Crippen molar-refractivity contribution in [1.82, 2.24) is 4.90 Å². The number of rotatable bonds is 7. The molecule has 1 rings (SSSR count). The second-order valence-electron chi connectivity index (χ2n) is 4.16. The van der Waals surface area contributed by atoms with E-state index in [1.165, 1.54) is 30.2 Å². The molecule has 0 atom stereocenters. The summed E-state index contributed by atoms with van der Waals surface area (Å²) in [4.78, 5) is 24.0. The van der Waals surface area contributed by atoms with Gasteiger partial charge in [0.05, 0.1) is 30.3 Å². The van der Waals surface area contributed by atoms with Gasteiger partial charge in [0, 0.05) is 19.2 Å². The Kier molecular flexibility index (Phi) is 5.92. The maximum atomic E-state index is 12.4. The van der Waals surface area contributed by atoms with Gasteiger partial charge in [-0.25, -0.2) is 0 Å². The van der Waals surface area contributed by atoms with Gasteiger partial charge in [0.15, 0.2) is 0 Å². The molecule has 0 fully saturated rings. The third-order valence-electron chi connectivity index (χ3n) is 2.78. The van der Waals surface area contributed by atoms with E-state index in [2.05, 4.69) is 0 Å². The van der Waals surface area contributed by atoms with Gasteiger partial charge in [0.1, 0.15) is 5.75 Å². The van der Waals surface area contributed by atoms with E-state index in [-0.39, 0.29) is 36.1 Å². The monoisotopic (exact) mass is 282 g/mol. The predicted molar refractivity (Wildman–Crippen MR) is 72.9 cm³/mol. The molecule has 0 saturated carbocycles. The predicted octanol–water partition coefficient (Wildman–Crippen LogP) is 1.45. The van der Waals surface area contributed by atoms with Gasteiger partial charge in [-0.05, 0) is 12.5 Å². The van der Waals surface area contributed by atoms with Crippen LogP contribution in [0.25, 0.3) is 0 Å². The van der Waals surface area contributed by atoms with Crippen molar-refractivity contribution in [3.05, 3.63) is 33.9 Å². The first kappa shape index (κ1) is 15.9. The molecule has 20 heavy (non-hydrogen) atoms. The van der Waals surface area contributed by atoms with Crippen LogP contribution in [-0.4, -0.2) is 47.6 Å². The second-order valence-corrected chi connectivity index (χ2v) is 4.16. The summed E-state index contributed by atoms with van der Waals surface area (Å²) < 4.78 is 5.05. The van der Waals surface area contributed by atoms with Gasteiger partial charge in [-0.15, -0.1) is 0 Å². The minimum Gasteiger partial charge on any atom is -0.496 e. The van der Waals surface area contributed by atoms with E-state index in [4.69, 9.17) is 9.84 Å². The van der Waals surface area contributed by atoms with Gasteiger partial charge in [-0.1, -0.05) is 6.92 Å². The summed E-state index contributed by atoms with van der Waals surface area (Å²) in [7, 11) is 1.35. The van der Waals surface area contributed by atoms with Crippen LogP contribution >= 0.6 is 0 Å². The Balaban J connectivity index is 3.10. The van der Waals surface area contributed by atoms with Crippen molar-refractivity contribution < 1.29 is 19.6 Å². The van der Waals surface area contributed by atoms with Crippen LogP contribution < -0.4 is 4.74 Å². The number of hydrogen-bond donors (Lipinski definition) is 1. The second kappa shape index (κ2) is 7.44. The molecular weight excluding hydrogens is 264 g/mol. The molecule has 1 N–H and O–H groups in total. The molecule has 1 aromatic rings. The maximum Gasteiger partial charge on any atom is 0.273 e. The van der Waals surface area contributed by atoms with Gasteiger partial charge in [-0.3, -0.25) is 14.9 Å². The van der Waals surface area contributed by atoms with Crippen molar-refractivity contribution in [2.45, 2.75) is 13.3 Å². The lowest BCUT2D eigenvalue weighted by Crippen LogP contribution is -2.34. The molecule has 0 unspecified atom stereocenters. The van der Waals surface area contributed by atoms with Crippen LogP contribution in [-0.2, 0) is 0 Å².